The van der Waals surface area contributed by atoms with Crippen molar-refractivity contribution in [3.05, 3.63) is 29.8 Å². The number of carbonyl (C=O) groups excluding carboxylic acids is 1. The van der Waals surface area contributed by atoms with Gasteiger partial charge in [-0.3, -0.25) is 9.59 Å². The molecule has 3 N–H and O–H groups in total. The Balaban J connectivity index is 0.00000107. The highest BCUT2D eigenvalue weighted by atomic mass is 32.2. The molecule has 0 unspecified atom stereocenters. The number of fused-ring (bicyclic) bond motifs is 1. The summed E-state index contributed by atoms with van der Waals surface area (Å²) in [6.45, 7) is 3.38. The molecule has 2 aliphatic rings. The number of nitrogens with zero attached hydrogens (tertiary/aromatic N) is 2. The number of carbonyl (C=O) groups is 2. The Bertz CT molecular complexity index is 843. The van der Waals surface area contributed by atoms with Crippen LogP contribution in [0.15, 0.2) is 29.2 Å². The second kappa shape index (κ2) is 11.0. The van der Waals surface area contributed by atoms with Gasteiger partial charge in [0.25, 0.3) is 12.4 Å². The van der Waals surface area contributed by atoms with Crippen molar-refractivity contribution in [2.24, 2.45) is 11.8 Å². The molecule has 0 radical (unpaired) electrons. The molecule has 1 aromatic rings. The number of hydrogen-bond donors (Lipinski definition) is 3. The summed E-state index contributed by atoms with van der Waals surface area (Å²) in [6.07, 6.45) is 1.98. The van der Waals surface area contributed by atoms with Gasteiger partial charge < -0.3 is 20.0 Å². The van der Waals surface area contributed by atoms with Crippen LogP contribution in [0.25, 0.3) is 0 Å². The van der Waals surface area contributed by atoms with E-state index in [4.69, 9.17) is 9.90 Å². The minimum absolute atomic E-state index is 0.0734. The fourth-order valence-electron chi connectivity index (χ4n) is 4.41. The predicted molar refractivity (Wildman–Crippen MR) is 116 cm³/mol. The molecule has 10 heteroatoms. The van der Waals surface area contributed by atoms with E-state index >= 15 is 0 Å². The molecule has 0 spiro atoms. The van der Waals surface area contributed by atoms with Gasteiger partial charge in [0.05, 0.1) is 11.0 Å². The van der Waals surface area contributed by atoms with E-state index in [0.717, 1.165) is 19.3 Å². The number of hydrogen-bond acceptors (Lipinski definition) is 6. The smallest absolute Gasteiger partial charge is 0.290 e. The lowest BCUT2D eigenvalue weighted by molar-refractivity contribution is -0.122. The Morgan fingerprint density at radius 3 is 2.26 bits per heavy atom. The van der Waals surface area contributed by atoms with E-state index in [2.05, 4.69) is 9.62 Å². The van der Waals surface area contributed by atoms with E-state index in [9.17, 15) is 18.3 Å². The van der Waals surface area contributed by atoms with Gasteiger partial charge in [-0.15, -0.1) is 0 Å². The maximum Gasteiger partial charge on any atom is 0.290 e. The summed E-state index contributed by atoms with van der Waals surface area (Å²) >= 11 is 0. The molecular formula is C21H33N3O6S. The highest BCUT2D eigenvalue weighted by molar-refractivity contribution is 7.89. The first-order chi connectivity index (χ1) is 14.6. The summed E-state index contributed by atoms with van der Waals surface area (Å²) in [5, 5.41) is 17.3. The maximum absolute atomic E-state index is 12.9. The predicted octanol–water partition coefficient (Wildman–Crippen LogP) is 0.849. The van der Waals surface area contributed by atoms with Crippen molar-refractivity contribution in [2.45, 2.75) is 43.2 Å². The van der Waals surface area contributed by atoms with Crippen LogP contribution in [0.1, 0.15) is 36.5 Å². The Morgan fingerprint density at radius 2 is 1.74 bits per heavy atom. The number of aliphatic hydroxyl groups excluding tert-OH is 1. The lowest BCUT2D eigenvalue weighted by Crippen LogP contribution is -2.46. The number of amides is 1. The summed E-state index contributed by atoms with van der Waals surface area (Å²) in [4.78, 5) is 25.4. The number of rotatable bonds is 6. The van der Waals surface area contributed by atoms with Crippen LogP contribution in [0.5, 0.6) is 0 Å². The van der Waals surface area contributed by atoms with Crippen LogP contribution in [0.3, 0.4) is 0 Å². The van der Waals surface area contributed by atoms with Gasteiger partial charge in [0.1, 0.15) is 0 Å². The topological polar surface area (TPSA) is 127 Å². The van der Waals surface area contributed by atoms with E-state index in [0.29, 0.717) is 37.0 Å². The van der Waals surface area contributed by atoms with Gasteiger partial charge in [-0.25, -0.2) is 13.1 Å². The van der Waals surface area contributed by atoms with Crippen molar-refractivity contribution in [3.63, 3.8) is 0 Å². The average Bonchev–Trinajstić information content (AvgIpc) is 3.14. The first kappa shape index (κ1) is 25.3. The van der Waals surface area contributed by atoms with Gasteiger partial charge in [-0.05, 0) is 69.5 Å². The molecule has 1 saturated heterocycles. The molecule has 1 saturated carbocycles. The van der Waals surface area contributed by atoms with E-state index in [1.807, 2.05) is 25.9 Å². The number of carboxylic acid groups (broad SMARTS) is 1. The Kier molecular flexibility index (Phi) is 8.99. The number of aliphatic hydroxyl groups is 1. The summed E-state index contributed by atoms with van der Waals surface area (Å²) in [6, 6.07) is 6.28. The summed E-state index contributed by atoms with van der Waals surface area (Å²) in [7, 11) is 0.437. The molecule has 1 aromatic carbocycles. The zero-order valence-corrected chi connectivity index (χ0v) is 19.1. The molecule has 1 amide bonds. The average molecular weight is 456 g/mol. The zero-order chi connectivity index (χ0) is 23.2. The van der Waals surface area contributed by atoms with Crippen LogP contribution in [0.4, 0.5) is 0 Å². The highest BCUT2D eigenvalue weighted by Gasteiger charge is 2.43. The van der Waals surface area contributed by atoms with E-state index in [1.54, 1.807) is 12.1 Å². The lowest BCUT2D eigenvalue weighted by Gasteiger charge is -2.38. The van der Waals surface area contributed by atoms with Crippen LogP contribution < -0.4 is 4.72 Å². The summed E-state index contributed by atoms with van der Waals surface area (Å²) in [5.41, 5.74) is 0.498. The van der Waals surface area contributed by atoms with Crippen LogP contribution in [-0.4, -0.2) is 86.7 Å². The zero-order valence-electron chi connectivity index (χ0n) is 18.3. The molecule has 9 nitrogen and oxygen atoms in total. The van der Waals surface area contributed by atoms with Gasteiger partial charge in [0, 0.05) is 31.2 Å². The molecule has 31 heavy (non-hydrogen) atoms. The van der Waals surface area contributed by atoms with Crippen LogP contribution in [0.2, 0.25) is 0 Å². The third-order valence-corrected chi connectivity index (χ3v) is 7.49. The fourth-order valence-corrected chi connectivity index (χ4v) is 5.54. The van der Waals surface area contributed by atoms with Crippen molar-refractivity contribution >= 4 is 22.4 Å². The minimum Gasteiger partial charge on any atom is -0.483 e. The SMILES string of the molecule is CCCNS(=O)(=O)c1ccc(C(=O)N2C[C@H]3C[C@@H](N(C)C)[C@H](O)C[C@H]3C2)cc1.O=CO. The molecule has 1 aliphatic carbocycles. The molecule has 1 aliphatic heterocycles. The quantitative estimate of drug-likeness (QED) is 0.543. The monoisotopic (exact) mass is 455 g/mol. The van der Waals surface area contributed by atoms with Crippen molar-refractivity contribution < 1.29 is 28.2 Å². The number of nitrogens with one attached hydrogen (secondary N) is 1. The molecule has 174 valence electrons. The molecule has 3 rings (SSSR count). The Hall–Kier alpha value is -2.01. The fraction of sp³-hybridized carbons (Fsp3) is 0.619. The lowest BCUT2D eigenvalue weighted by atomic mass is 9.77. The third kappa shape index (κ3) is 6.25. The Labute approximate surface area is 184 Å². The van der Waals surface area contributed by atoms with Crippen LogP contribution >= 0.6 is 0 Å². The first-order valence-corrected chi connectivity index (χ1v) is 11.9. The summed E-state index contributed by atoms with van der Waals surface area (Å²) in [5.74, 6) is 0.654. The van der Waals surface area contributed by atoms with E-state index in [1.165, 1.54) is 12.1 Å². The number of benzene rings is 1. The van der Waals surface area contributed by atoms with Gasteiger partial charge in [0.15, 0.2) is 0 Å². The number of sulfonamides is 1. The van der Waals surface area contributed by atoms with Crippen LogP contribution in [-0.2, 0) is 14.8 Å². The molecule has 2 fully saturated rings. The third-order valence-electron chi connectivity index (χ3n) is 6.01. The van der Waals surface area contributed by atoms with E-state index < -0.39 is 10.0 Å². The number of likely N-dealkylation sites (N-methyl/N-ethyl adjacent to an activating group) is 1. The van der Waals surface area contributed by atoms with E-state index in [-0.39, 0.29) is 29.4 Å². The van der Waals surface area contributed by atoms with Gasteiger partial charge in [-0.2, -0.15) is 0 Å². The second-order valence-corrected chi connectivity index (χ2v) is 10.1. The minimum atomic E-state index is -3.53. The standard InChI is InChI=1S/C20H31N3O4S.CH2O2/c1-4-9-21-28(26,27)17-7-5-14(6-8-17)20(25)23-12-15-10-18(22(2)3)19(24)11-16(15)13-23;2-1-3/h5-8,15-16,18-19,21,24H,4,9-13H2,1-3H3;1H,(H,2,3)/t15-,16+,18-,19-;/m1./s1. The van der Waals surface area contributed by atoms with Gasteiger partial charge in [-0.1, -0.05) is 6.92 Å². The first-order valence-electron chi connectivity index (χ1n) is 10.5. The highest BCUT2D eigenvalue weighted by Crippen LogP contribution is 2.38. The molecule has 0 aromatic heterocycles. The Morgan fingerprint density at radius 1 is 1.19 bits per heavy atom. The number of likely N-dealkylation sites (tertiary alicyclic amines) is 1. The molecule has 1 heterocycles. The molecular weight excluding hydrogens is 422 g/mol. The van der Waals surface area contributed by atoms with Gasteiger partial charge >= 0.3 is 0 Å². The van der Waals surface area contributed by atoms with Crippen molar-refractivity contribution in [1.82, 2.24) is 14.5 Å². The summed E-state index contributed by atoms with van der Waals surface area (Å²) < 4.78 is 26.9. The van der Waals surface area contributed by atoms with Gasteiger partial charge in [0.2, 0.25) is 10.0 Å². The maximum atomic E-state index is 12.9. The largest absolute Gasteiger partial charge is 0.483 e. The van der Waals surface area contributed by atoms with Crippen LogP contribution in [0, 0.1) is 11.8 Å². The van der Waals surface area contributed by atoms with Crippen molar-refractivity contribution in [1.29, 1.82) is 0 Å². The van der Waals surface area contributed by atoms with Crippen molar-refractivity contribution in [3.8, 4) is 0 Å². The normalized spacial score (nSPS) is 25.5. The molecule has 4 atom stereocenters. The van der Waals surface area contributed by atoms with Crippen molar-refractivity contribution in [2.75, 3.05) is 33.7 Å². The second-order valence-electron chi connectivity index (χ2n) is 8.33. The molecule has 0 bridgehead atoms.